The van der Waals surface area contributed by atoms with Crippen molar-refractivity contribution in [2.24, 2.45) is 0 Å². The Morgan fingerprint density at radius 1 is 1.04 bits per heavy atom. The zero-order chi connectivity index (χ0) is 17.7. The predicted octanol–water partition coefficient (Wildman–Crippen LogP) is 2.36. The van der Waals surface area contributed by atoms with Crippen molar-refractivity contribution >= 4 is 15.7 Å². The summed E-state index contributed by atoms with van der Waals surface area (Å²) in [5, 5.41) is 0. The van der Waals surface area contributed by atoms with Crippen LogP contribution in [0.4, 0.5) is 14.5 Å². The topological polar surface area (TPSA) is 49.4 Å². The fourth-order valence-corrected chi connectivity index (χ4v) is 2.99. The Bertz CT molecular complexity index is 863. The normalized spacial score (nSPS) is 10.8. The summed E-state index contributed by atoms with van der Waals surface area (Å²) in [7, 11) is -0.475. The molecule has 0 radical (unpaired) electrons. The maximum atomic E-state index is 13.5. The van der Waals surface area contributed by atoms with Crippen LogP contribution >= 0.6 is 0 Å². The van der Waals surface area contributed by atoms with Crippen molar-refractivity contribution in [3.05, 3.63) is 59.7 Å². The highest BCUT2D eigenvalue weighted by Crippen LogP contribution is 2.17. The molecule has 0 fully saturated rings. The Labute approximate surface area is 140 Å². The van der Waals surface area contributed by atoms with Gasteiger partial charge in [-0.1, -0.05) is 17.9 Å². The number of anilines is 1. The lowest BCUT2D eigenvalue weighted by molar-refractivity contribution is 0.515. The molecule has 0 unspecified atom stereocenters. The fourth-order valence-electron chi connectivity index (χ4n) is 1.93. The zero-order valence-corrected chi connectivity index (χ0v) is 14.0. The Hall–Kier alpha value is -2.43. The molecule has 24 heavy (non-hydrogen) atoms. The van der Waals surface area contributed by atoms with E-state index in [-0.39, 0.29) is 6.54 Å². The molecule has 1 N–H and O–H groups in total. The molecule has 0 atom stereocenters. The summed E-state index contributed by atoms with van der Waals surface area (Å²) in [6.07, 6.45) is 0. The van der Waals surface area contributed by atoms with Gasteiger partial charge in [-0.25, -0.2) is 17.2 Å². The minimum atomic E-state index is -4.30. The summed E-state index contributed by atoms with van der Waals surface area (Å²) < 4.78 is 53.0. The van der Waals surface area contributed by atoms with E-state index in [1.54, 1.807) is 12.1 Å². The lowest BCUT2D eigenvalue weighted by Gasteiger charge is -2.11. The van der Waals surface area contributed by atoms with Crippen LogP contribution < -0.4 is 9.62 Å². The molecule has 126 valence electrons. The molecule has 0 bridgehead atoms. The molecule has 2 aromatic carbocycles. The van der Waals surface area contributed by atoms with Gasteiger partial charge in [0.15, 0.2) is 4.90 Å². The van der Waals surface area contributed by atoms with Gasteiger partial charge in [-0.3, -0.25) is 0 Å². The molecule has 0 saturated carbocycles. The molecular formula is C17H16F2N2O2S. The van der Waals surface area contributed by atoms with Crippen LogP contribution in [0.25, 0.3) is 0 Å². The highest BCUT2D eigenvalue weighted by Gasteiger charge is 2.22. The van der Waals surface area contributed by atoms with Crippen molar-refractivity contribution in [1.82, 2.24) is 4.72 Å². The lowest BCUT2D eigenvalue weighted by atomic mass is 10.2. The van der Waals surface area contributed by atoms with Crippen LogP contribution in [0.1, 0.15) is 5.56 Å². The molecule has 0 saturated heterocycles. The van der Waals surface area contributed by atoms with Gasteiger partial charge in [-0.05, 0) is 36.4 Å². The van der Waals surface area contributed by atoms with Crippen LogP contribution in [0.5, 0.6) is 0 Å². The van der Waals surface area contributed by atoms with Gasteiger partial charge < -0.3 is 4.90 Å². The van der Waals surface area contributed by atoms with E-state index in [4.69, 9.17) is 0 Å². The van der Waals surface area contributed by atoms with Crippen molar-refractivity contribution in [2.45, 2.75) is 4.90 Å². The molecule has 7 heteroatoms. The molecule has 2 rings (SSSR count). The van der Waals surface area contributed by atoms with E-state index in [1.807, 2.05) is 31.1 Å². The minimum absolute atomic E-state index is 0.258. The summed E-state index contributed by atoms with van der Waals surface area (Å²) in [6.45, 7) is -0.258. The average Bonchev–Trinajstić information content (AvgIpc) is 2.51. The number of halogens is 2. The van der Waals surface area contributed by atoms with E-state index >= 15 is 0 Å². The maximum Gasteiger partial charge on any atom is 0.247 e. The third kappa shape index (κ3) is 4.31. The van der Waals surface area contributed by atoms with Gasteiger partial charge in [0.05, 0.1) is 6.54 Å². The molecule has 0 heterocycles. The van der Waals surface area contributed by atoms with Gasteiger partial charge >= 0.3 is 0 Å². The third-order valence-corrected chi connectivity index (χ3v) is 4.61. The molecule has 0 amide bonds. The number of rotatable bonds is 4. The summed E-state index contributed by atoms with van der Waals surface area (Å²) in [4.78, 5) is 0.941. The van der Waals surface area contributed by atoms with Crippen molar-refractivity contribution in [3.8, 4) is 11.8 Å². The molecule has 2 aromatic rings. The SMILES string of the molecule is CN(C)c1ccc(C#CCNS(=O)(=O)c2c(F)cccc2F)cc1. The maximum absolute atomic E-state index is 13.5. The van der Waals surface area contributed by atoms with Crippen LogP contribution in [-0.4, -0.2) is 29.1 Å². The highest BCUT2D eigenvalue weighted by molar-refractivity contribution is 7.89. The Balaban J connectivity index is 2.06. The zero-order valence-electron chi connectivity index (χ0n) is 13.2. The second kappa shape index (κ2) is 7.43. The summed E-state index contributed by atoms with van der Waals surface area (Å²) in [5.74, 6) is 3.11. The van der Waals surface area contributed by atoms with Crippen LogP contribution in [-0.2, 0) is 10.0 Å². The smallest absolute Gasteiger partial charge is 0.247 e. The van der Waals surface area contributed by atoms with Crippen LogP contribution in [0.15, 0.2) is 47.4 Å². The van der Waals surface area contributed by atoms with Gasteiger partial charge in [-0.15, -0.1) is 0 Å². The largest absolute Gasteiger partial charge is 0.378 e. The van der Waals surface area contributed by atoms with E-state index < -0.39 is 26.6 Å². The summed E-state index contributed by atoms with van der Waals surface area (Å²) >= 11 is 0. The average molecular weight is 350 g/mol. The number of benzene rings is 2. The molecule has 0 spiro atoms. The Morgan fingerprint density at radius 3 is 2.17 bits per heavy atom. The number of nitrogens with one attached hydrogen (secondary N) is 1. The first-order chi connectivity index (χ1) is 11.3. The summed E-state index contributed by atoms with van der Waals surface area (Å²) in [6, 6.07) is 10.2. The first kappa shape index (κ1) is 17.9. The van der Waals surface area contributed by atoms with Gasteiger partial charge in [0.25, 0.3) is 0 Å². The standard InChI is InChI=1S/C17H16F2N2O2S/c1-21(2)14-10-8-13(9-11-14)5-4-12-20-24(22,23)17-15(18)6-3-7-16(17)19/h3,6-11,20H,12H2,1-2H3. The Morgan fingerprint density at radius 2 is 1.62 bits per heavy atom. The molecule has 4 nitrogen and oxygen atoms in total. The fraction of sp³-hybridized carbons (Fsp3) is 0.176. The molecule has 0 aliphatic rings. The van der Waals surface area contributed by atoms with Gasteiger partial charge in [-0.2, -0.15) is 4.72 Å². The molecule has 0 aliphatic carbocycles. The van der Waals surface area contributed by atoms with Crippen LogP contribution in [0, 0.1) is 23.5 Å². The monoisotopic (exact) mass is 350 g/mol. The van der Waals surface area contributed by atoms with Gasteiger partial charge in [0.2, 0.25) is 10.0 Å². The van der Waals surface area contributed by atoms with Crippen molar-refractivity contribution in [2.75, 3.05) is 25.5 Å². The minimum Gasteiger partial charge on any atom is -0.378 e. The molecular weight excluding hydrogens is 334 g/mol. The van der Waals surface area contributed by atoms with E-state index in [9.17, 15) is 17.2 Å². The van der Waals surface area contributed by atoms with Crippen molar-refractivity contribution < 1.29 is 17.2 Å². The van der Waals surface area contributed by atoms with E-state index in [1.165, 1.54) is 0 Å². The van der Waals surface area contributed by atoms with E-state index in [0.717, 1.165) is 23.9 Å². The molecule has 0 aromatic heterocycles. The first-order valence-electron chi connectivity index (χ1n) is 7.01. The lowest BCUT2D eigenvalue weighted by Crippen LogP contribution is -2.26. The van der Waals surface area contributed by atoms with E-state index in [0.29, 0.717) is 5.56 Å². The van der Waals surface area contributed by atoms with Crippen LogP contribution in [0.3, 0.4) is 0 Å². The number of sulfonamides is 1. The van der Waals surface area contributed by atoms with Gasteiger partial charge in [0.1, 0.15) is 11.6 Å². The second-order valence-electron chi connectivity index (χ2n) is 5.12. The Kier molecular flexibility index (Phi) is 5.54. The van der Waals surface area contributed by atoms with E-state index in [2.05, 4.69) is 16.6 Å². The molecule has 0 aliphatic heterocycles. The number of nitrogens with zero attached hydrogens (tertiary/aromatic N) is 1. The van der Waals surface area contributed by atoms with Gasteiger partial charge in [0, 0.05) is 25.3 Å². The summed E-state index contributed by atoms with van der Waals surface area (Å²) in [5.41, 5.74) is 1.72. The number of hydrogen-bond donors (Lipinski definition) is 1. The van der Waals surface area contributed by atoms with Crippen molar-refractivity contribution in [1.29, 1.82) is 0 Å². The highest BCUT2D eigenvalue weighted by atomic mass is 32.2. The third-order valence-electron chi connectivity index (χ3n) is 3.15. The van der Waals surface area contributed by atoms with Crippen molar-refractivity contribution in [3.63, 3.8) is 0 Å². The predicted molar refractivity (Wildman–Crippen MR) is 89.2 cm³/mol. The quantitative estimate of drug-likeness (QED) is 0.862. The van der Waals surface area contributed by atoms with Crippen LogP contribution in [0.2, 0.25) is 0 Å². The second-order valence-corrected chi connectivity index (χ2v) is 6.82. The first-order valence-corrected chi connectivity index (χ1v) is 8.49. The number of hydrogen-bond acceptors (Lipinski definition) is 3.